The average Bonchev–Trinajstić information content (AvgIpc) is 3.50. The molecule has 0 radical (unpaired) electrons. The zero-order valence-electron chi connectivity index (χ0n) is 24.3. The number of hydrogen-bond acceptors (Lipinski definition) is 6. The van der Waals surface area contributed by atoms with Crippen molar-refractivity contribution in [3.8, 4) is 5.75 Å². The van der Waals surface area contributed by atoms with Crippen LogP contribution in [0.1, 0.15) is 22.8 Å². The molecule has 10 nitrogen and oxygen atoms in total. The Morgan fingerprint density at radius 1 is 1.14 bits per heavy atom. The number of nitrogens with one attached hydrogen (secondary N) is 1. The largest absolute Gasteiger partial charge is 0.415 e. The SMILES string of the molecule is CC(=O)c1cn(CC(=O)N2C[Si](C)(C)C[C@H]2C(=O)NCc2cccc(Cl)c2F)c2ccc(OC(=O)N3CCOCC3)cc12. The number of fused-ring (bicyclic) bond motifs is 1. The van der Waals surface area contributed by atoms with Gasteiger partial charge >= 0.3 is 6.09 Å². The molecule has 0 saturated carbocycles. The lowest BCUT2D eigenvalue weighted by Gasteiger charge is -2.25. The maximum absolute atomic E-state index is 14.4. The zero-order chi connectivity index (χ0) is 30.9. The van der Waals surface area contributed by atoms with E-state index in [1.807, 2.05) is 0 Å². The standard InChI is InChI=1S/C30H34ClFN4O6Si/c1-19(37)23-15-35(25-8-7-21(13-22(23)25)42-30(40)34-9-11-41-12-10-34)16-27(38)36-18-43(2,3)17-26(36)29(39)33-14-20-5-4-6-24(31)28(20)32/h4-8,13,15,26H,9-12,14,16-18H2,1-3H3,(H,33,39)/t26-/m0/s1. The molecule has 0 aliphatic carbocycles. The van der Waals surface area contributed by atoms with Crippen molar-refractivity contribution in [2.45, 2.75) is 45.2 Å². The molecule has 3 aromatic rings. The highest BCUT2D eigenvalue weighted by atomic mass is 35.5. The lowest BCUT2D eigenvalue weighted by atomic mass is 10.1. The summed E-state index contributed by atoms with van der Waals surface area (Å²) in [5.74, 6) is -1.11. The van der Waals surface area contributed by atoms with Crippen LogP contribution in [0.3, 0.4) is 0 Å². The summed E-state index contributed by atoms with van der Waals surface area (Å²) in [5.41, 5.74) is 1.28. The fourth-order valence-electron chi connectivity index (χ4n) is 5.65. The summed E-state index contributed by atoms with van der Waals surface area (Å²) < 4.78 is 26.9. The van der Waals surface area contributed by atoms with Crippen LogP contribution in [0, 0.1) is 5.82 Å². The molecule has 3 heterocycles. The summed E-state index contributed by atoms with van der Waals surface area (Å²) in [6.45, 7) is 7.30. The Hall–Kier alpha value is -3.74. The minimum atomic E-state index is -1.92. The van der Waals surface area contributed by atoms with Crippen LogP contribution in [0.4, 0.5) is 9.18 Å². The van der Waals surface area contributed by atoms with E-state index in [0.717, 1.165) is 0 Å². The van der Waals surface area contributed by atoms with E-state index in [0.29, 0.717) is 55.0 Å². The molecule has 228 valence electrons. The maximum atomic E-state index is 14.4. The Morgan fingerprint density at radius 3 is 2.60 bits per heavy atom. The van der Waals surface area contributed by atoms with E-state index in [2.05, 4.69) is 18.4 Å². The van der Waals surface area contributed by atoms with Crippen LogP contribution in [0.2, 0.25) is 24.2 Å². The van der Waals surface area contributed by atoms with Gasteiger partial charge in [-0.15, -0.1) is 0 Å². The first kappa shape index (κ1) is 30.7. The van der Waals surface area contributed by atoms with Crippen molar-refractivity contribution in [1.29, 1.82) is 0 Å². The summed E-state index contributed by atoms with van der Waals surface area (Å²) >= 11 is 5.87. The van der Waals surface area contributed by atoms with Gasteiger partial charge in [-0.2, -0.15) is 0 Å². The Morgan fingerprint density at radius 2 is 1.88 bits per heavy atom. The van der Waals surface area contributed by atoms with E-state index in [-0.39, 0.29) is 47.0 Å². The molecule has 43 heavy (non-hydrogen) atoms. The molecule has 2 aliphatic rings. The van der Waals surface area contributed by atoms with Crippen LogP contribution < -0.4 is 10.1 Å². The number of halogens is 2. The molecule has 2 saturated heterocycles. The molecular weight excluding hydrogens is 595 g/mol. The van der Waals surface area contributed by atoms with Gasteiger partial charge in [-0.05, 0) is 37.2 Å². The Labute approximate surface area is 254 Å². The van der Waals surface area contributed by atoms with Crippen molar-refractivity contribution < 1.29 is 33.0 Å². The second-order valence-corrected chi connectivity index (χ2v) is 17.2. The third-order valence-corrected chi connectivity index (χ3v) is 10.8. The van der Waals surface area contributed by atoms with Crippen LogP contribution in [-0.2, 0) is 27.4 Å². The Balaban J connectivity index is 1.33. The first-order valence-corrected chi connectivity index (χ1v) is 17.9. The highest BCUT2D eigenvalue weighted by Crippen LogP contribution is 2.30. The predicted octanol–water partition coefficient (Wildman–Crippen LogP) is 4.24. The molecule has 0 unspecified atom stereocenters. The monoisotopic (exact) mass is 628 g/mol. The molecule has 1 aromatic heterocycles. The topological polar surface area (TPSA) is 110 Å². The summed E-state index contributed by atoms with van der Waals surface area (Å²) in [6, 6.07) is 9.46. The molecule has 0 bridgehead atoms. The fourth-order valence-corrected chi connectivity index (χ4v) is 8.74. The number of benzene rings is 2. The number of rotatable bonds is 7. The van der Waals surface area contributed by atoms with Crippen molar-refractivity contribution in [2.24, 2.45) is 0 Å². The van der Waals surface area contributed by atoms with Crippen molar-refractivity contribution in [1.82, 2.24) is 19.7 Å². The molecule has 1 N–H and O–H groups in total. The summed E-state index contributed by atoms with van der Waals surface area (Å²) in [7, 11) is -1.92. The number of ether oxygens (including phenoxy) is 2. The summed E-state index contributed by atoms with van der Waals surface area (Å²) in [6.07, 6.45) is 1.62. The number of nitrogens with zero attached hydrogens (tertiary/aromatic N) is 3. The molecule has 5 rings (SSSR count). The van der Waals surface area contributed by atoms with Gasteiger partial charge in [0.2, 0.25) is 11.8 Å². The Bertz CT molecular complexity index is 1590. The van der Waals surface area contributed by atoms with E-state index in [1.165, 1.54) is 13.0 Å². The molecule has 2 aliphatic heterocycles. The molecule has 13 heteroatoms. The number of ketones is 1. The maximum Gasteiger partial charge on any atom is 0.415 e. The number of amides is 3. The van der Waals surface area contributed by atoms with Crippen LogP contribution in [-0.4, -0.2) is 84.6 Å². The molecule has 0 spiro atoms. The number of hydrogen-bond donors (Lipinski definition) is 1. The highest BCUT2D eigenvalue weighted by molar-refractivity contribution is 6.79. The lowest BCUT2D eigenvalue weighted by Crippen LogP contribution is -2.46. The second-order valence-electron chi connectivity index (χ2n) is 11.7. The van der Waals surface area contributed by atoms with Crippen molar-refractivity contribution in [2.75, 3.05) is 32.5 Å². The van der Waals surface area contributed by atoms with Gasteiger partial charge in [-0.25, -0.2) is 9.18 Å². The smallest absolute Gasteiger partial charge is 0.410 e. The van der Waals surface area contributed by atoms with Crippen LogP contribution in [0.15, 0.2) is 42.6 Å². The van der Waals surface area contributed by atoms with E-state index >= 15 is 0 Å². The number of carbonyl (C=O) groups is 4. The van der Waals surface area contributed by atoms with Crippen molar-refractivity contribution in [3.63, 3.8) is 0 Å². The van der Waals surface area contributed by atoms with E-state index in [1.54, 1.807) is 50.9 Å². The van der Waals surface area contributed by atoms with E-state index in [9.17, 15) is 23.6 Å². The minimum Gasteiger partial charge on any atom is -0.410 e. The van der Waals surface area contributed by atoms with E-state index in [4.69, 9.17) is 21.1 Å². The summed E-state index contributed by atoms with van der Waals surface area (Å²) in [4.78, 5) is 55.3. The number of aromatic nitrogens is 1. The Kier molecular flexibility index (Phi) is 8.90. The van der Waals surface area contributed by atoms with Gasteiger partial charge in [0.05, 0.1) is 26.3 Å². The van der Waals surface area contributed by atoms with Gasteiger partial charge in [-0.3, -0.25) is 14.4 Å². The fraction of sp³-hybridized carbons (Fsp3) is 0.400. The van der Waals surface area contributed by atoms with Crippen LogP contribution >= 0.6 is 11.6 Å². The van der Waals surface area contributed by atoms with Gasteiger partial charge in [0, 0.05) is 54.0 Å². The summed E-state index contributed by atoms with van der Waals surface area (Å²) in [5, 5.41) is 3.31. The first-order chi connectivity index (χ1) is 20.4. The number of carbonyl (C=O) groups excluding carboxylic acids is 4. The van der Waals surface area contributed by atoms with Gasteiger partial charge < -0.3 is 29.2 Å². The average molecular weight is 629 g/mol. The third kappa shape index (κ3) is 6.76. The molecule has 2 fully saturated rings. The van der Waals surface area contributed by atoms with E-state index < -0.39 is 26.0 Å². The zero-order valence-corrected chi connectivity index (χ0v) is 26.1. The lowest BCUT2D eigenvalue weighted by molar-refractivity contribution is -0.138. The van der Waals surface area contributed by atoms with Gasteiger partial charge in [0.25, 0.3) is 0 Å². The van der Waals surface area contributed by atoms with Crippen LogP contribution in [0.25, 0.3) is 10.9 Å². The molecule has 1 atom stereocenters. The van der Waals surface area contributed by atoms with Crippen molar-refractivity contribution >= 4 is 54.3 Å². The molecule has 2 aromatic carbocycles. The van der Waals surface area contributed by atoms with Gasteiger partial charge in [0.15, 0.2) is 5.78 Å². The predicted molar refractivity (Wildman–Crippen MR) is 161 cm³/mol. The number of morpholine rings is 1. The second kappa shape index (κ2) is 12.5. The minimum absolute atomic E-state index is 0.0239. The third-order valence-electron chi connectivity index (χ3n) is 7.84. The normalized spacial score (nSPS) is 18.1. The number of Topliss-reactive ketones (excluding diaryl/α,β-unsaturated/α-hetero) is 1. The molecular formula is C30H34ClFN4O6Si. The van der Waals surface area contributed by atoms with Crippen LogP contribution in [0.5, 0.6) is 5.75 Å². The van der Waals surface area contributed by atoms with Gasteiger partial charge in [0.1, 0.15) is 24.2 Å². The quantitative estimate of drug-likeness (QED) is 0.310. The molecule has 3 amide bonds. The van der Waals surface area contributed by atoms with Crippen molar-refractivity contribution in [3.05, 3.63) is 64.6 Å². The highest BCUT2D eigenvalue weighted by Gasteiger charge is 2.44. The van der Waals surface area contributed by atoms with Gasteiger partial charge in [-0.1, -0.05) is 36.8 Å². The first-order valence-electron chi connectivity index (χ1n) is 14.1.